The Morgan fingerprint density at radius 1 is 1.32 bits per heavy atom. The van der Waals surface area contributed by atoms with Crippen LogP contribution in [0.3, 0.4) is 0 Å². The molecule has 19 heavy (non-hydrogen) atoms. The molecular formula is C11H7N5O3. The predicted molar refractivity (Wildman–Crippen MR) is 61.6 cm³/mol. The van der Waals surface area contributed by atoms with Crippen LogP contribution in [-0.4, -0.2) is 36.4 Å². The van der Waals surface area contributed by atoms with Gasteiger partial charge in [0.1, 0.15) is 6.33 Å². The molecule has 0 radical (unpaired) electrons. The molecule has 1 aromatic carbocycles. The van der Waals surface area contributed by atoms with Gasteiger partial charge in [-0.05, 0) is 22.6 Å². The molecule has 3 aromatic rings. The average Bonchev–Trinajstić information content (AvgIpc) is 3.10. The van der Waals surface area contributed by atoms with Gasteiger partial charge in [0.2, 0.25) is 0 Å². The second kappa shape index (κ2) is 4.33. The van der Waals surface area contributed by atoms with Gasteiger partial charge in [0, 0.05) is 11.6 Å². The fourth-order valence-corrected chi connectivity index (χ4v) is 1.59. The molecule has 0 saturated carbocycles. The zero-order valence-electron chi connectivity index (χ0n) is 9.46. The molecule has 0 bridgehead atoms. The summed E-state index contributed by atoms with van der Waals surface area (Å²) in [7, 11) is 0. The lowest BCUT2D eigenvalue weighted by atomic mass is 10.1. The fourth-order valence-electron chi connectivity index (χ4n) is 1.59. The minimum absolute atomic E-state index is 0.136. The van der Waals surface area contributed by atoms with Crippen molar-refractivity contribution in [2.75, 3.05) is 0 Å². The lowest BCUT2D eigenvalue weighted by Crippen LogP contribution is -1.95. The van der Waals surface area contributed by atoms with Gasteiger partial charge in [-0.15, -0.1) is 5.10 Å². The van der Waals surface area contributed by atoms with E-state index in [1.165, 1.54) is 17.1 Å². The van der Waals surface area contributed by atoms with E-state index in [-0.39, 0.29) is 5.69 Å². The molecule has 0 amide bonds. The van der Waals surface area contributed by atoms with Crippen molar-refractivity contribution in [1.82, 2.24) is 25.4 Å². The summed E-state index contributed by atoms with van der Waals surface area (Å²) in [5, 5.41) is 23.1. The van der Waals surface area contributed by atoms with Crippen LogP contribution in [-0.2, 0) is 0 Å². The molecule has 8 heteroatoms. The van der Waals surface area contributed by atoms with E-state index in [0.717, 1.165) is 5.69 Å². The number of carbonyl (C=O) groups is 1. The third kappa shape index (κ3) is 2.06. The monoisotopic (exact) mass is 257 g/mol. The summed E-state index contributed by atoms with van der Waals surface area (Å²) < 4.78 is 6.48. The van der Waals surface area contributed by atoms with Gasteiger partial charge in [0.15, 0.2) is 11.5 Å². The fraction of sp³-hybridized carbons (Fsp3) is 0. The van der Waals surface area contributed by atoms with Crippen molar-refractivity contribution in [3.63, 3.8) is 0 Å². The highest BCUT2D eigenvalue weighted by atomic mass is 16.5. The first-order valence-electron chi connectivity index (χ1n) is 5.28. The van der Waals surface area contributed by atoms with Gasteiger partial charge in [-0.1, -0.05) is 17.3 Å². The van der Waals surface area contributed by atoms with Gasteiger partial charge in [0.05, 0.1) is 5.69 Å². The molecule has 3 rings (SSSR count). The largest absolute Gasteiger partial charge is 0.476 e. The molecule has 0 fully saturated rings. The lowest BCUT2D eigenvalue weighted by Gasteiger charge is -2.00. The first-order valence-corrected chi connectivity index (χ1v) is 5.28. The molecule has 0 aliphatic carbocycles. The molecule has 2 heterocycles. The predicted octanol–water partition coefficient (Wildman–Crippen LogP) is 1.02. The summed E-state index contributed by atoms with van der Waals surface area (Å²) >= 11 is 0. The minimum Gasteiger partial charge on any atom is -0.476 e. The number of aromatic nitrogens is 5. The summed E-state index contributed by atoms with van der Waals surface area (Å²) in [6.45, 7) is 0. The number of rotatable bonds is 3. The molecule has 0 aliphatic rings. The van der Waals surface area contributed by atoms with Crippen LogP contribution in [0.1, 0.15) is 10.5 Å². The molecule has 0 saturated heterocycles. The van der Waals surface area contributed by atoms with E-state index < -0.39 is 5.97 Å². The molecule has 94 valence electrons. The number of aromatic carboxylic acids is 1. The highest BCUT2D eigenvalue weighted by molar-refractivity contribution is 5.86. The van der Waals surface area contributed by atoms with Gasteiger partial charge < -0.3 is 9.63 Å². The maximum absolute atomic E-state index is 10.7. The summed E-state index contributed by atoms with van der Waals surface area (Å²) in [5.41, 5.74) is 1.28. The Labute approximate surface area is 106 Å². The number of hydrogen-bond donors (Lipinski definition) is 1. The Kier molecular flexibility index (Phi) is 2.53. The summed E-state index contributed by atoms with van der Waals surface area (Å²) in [6, 6.07) is 8.51. The van der Waals surface area contributed by atoms with Crippen molar-refractivity contribution in [3.8, 4) is 17.0 Å². The molecule has 0 unspecified atom stereocenters. The van der Waals surface area contributed by atoms with E-state index in [0.29, 0.717) is 11.3 Å². The first-order chi connectivity index (χ1) is 9.24. The smallest absolute Gasteiger partial charge is 0.358 e. The third-order valence-corrected chi connectivity index (χ3v) is 2.47. The van der Waals surface area contributed by atoms with Crippen LogP contribution in [0.5, 0.6) is 0 Å². The van der Waals surface area contributed by atoms with Crippen molar-refractivity contribution >= 4 is 5.97 Å². The summed E-state index contributed by atoms with van der Waals surface area (Å²) in [5.74, 6) is -0.765. The van der Waals surface area contributed by atoms with Crippen LogP contribution in [0.2, 0.25) is 0 Å². The van der Waals surface area contributed by atoms with Crippen molar-refractivity contribution in [2.24, 2.45) is 0 Å². The Balaban J connectivity index is 2.01. The van der Waals surface area contributed by atoms with E-state index in [2.05, 4.69) is 20.7 Å². The zero-order valence-corrected chi connectivity index (χ0v) is 9.46. The molecule has 8 nitrogen and oxygen atoms in total. The van der Waals surface area contributed by atoms with Crippen molar-refractivity contribution in [3.05, 3.63) is 42.4 Å². The number of carboxylic acids is 1. The van der Waals surface area contributed by atoms with Gasteiger partial charge in [-0.3, -0.25) is 0 Å². The Hall–Kier alpha value is -3.03. The molecule has 1 N–H and O–H groups in total. The van der Waals surface area contributed by atoms with Gasteiger partial charge in [-0.2, -0.15) is 0 Å². The van der Waals surface area contributed by atoms with E-state index in [9.17, 15) is 4.79 Å². The van der Waals surface area contributed by atoms with Crippen molar-refractivity contribution in [2.45, 2.75) is 0 Å². The number of nitrogens with zero attached hydrogens (tertiary/aromatic N) is 5. The Morgan fingerprint density at radius 2 is 2.21 bits per heavy atom. The number of tetrazole rings is 1. The van der Waals surface area contributed by atoms with Crippen LogP contribution in [0.25, 0.3) is 17.0 Å². The topological polar surface area (TPSA) is 107 Å². The second-order valence-corrected chi connectivity index (χ2v) is 3.69. The molecular weight excluding hydrogens is 250 g/mol. The second-order valence-electron chi connectivity index (χ2n) is 3.69. The standard InChI is InChI=1S/C11H7N5O3/c17-11(18)9-5-10(19-13-9)7-2-1-3-8(4-7)16-6-12-14-15-16/h1-6H,(H,17,18). The maximum atomic E-state index is 10.7. The summed E-state index contributed by atoms with van der Waals surface area (Å²) in [4.78, 5) is 10.7. The number of benzene rings is 1. The normalized spacial score (nSPS) is 10.5. The van der Waals surface area contributed by atoms with E-state index >= 15 is 0 Å². The molecule has 0 spiro atoms. The van der Waals surface area contributed by atoms with Crippen molar-refractivity contribution < 1.29 is 14.4 Å². The quantitative estimate of drug-likeness (QED) is 0.746. The molecule has 0 aliphatic heterocycles. The average molecular weight is 257 g/mol. The van der Waals surface area contributed by atoms with E-state index in [1.807, 2.05) is 6.07 Å². The van der Waals surface area contributed by atoms with E-state index in [1.54, 1.807) is 18.2 Å². The first kappa shape index (κ1) is 11.1. The maximum Gasteiger partial charge on any atom is 0.358 e. The van der Waals surface area contributed by atoms with Crippen molar-refractivity contribution in [1.29, 1.82) is 0 Å². The van der Waals surface area contributed by atoms with Crippen LogP contribution in [0, 0.1) is 0 Å². The van der Waals surface area contributed by atoms with Gasteiger partial charge >= 0.3 is 5.97 Å². The zero-order chi connectivity index (χ0) is 13.2. The number of hydrogen-bond acceptors (Lipinski definition) is 6. The highest BCUT2D eigenvalue weighted by Gasteiger charge is 2.12. The van der Waals surface area contributed by atoms with Crippen LogP contribution >= 0.6 is 0 Å². The minimum atomic E-state index is -1.13. The SMILES string of the molecule is O=C(O)c1cc(-c2cccc(-n3cnnn3)c2)on1. The van der Waals surface area contributed by atoms with Gasteiger partial charge in [-0.25, -0.2) is 9.48 Å². The third-order valence-electron chi connectivity index (χ3n) is 2.47. The molecule has 2 aromatic heterocycles. The van der Waals surface area contributed by atoms with Crippen LogP contribution in [0.15, 0.2) is 41.2 Å². The van der Waals surface area contributed by atoms with Gasteiger partial charge in [0.25, 0.3) is 0 Å². The summed E-state index contributed by atoms with van der Waals surface area (Å²) in [6.07, 6.45) is 1.46. The molecule has 0 atom stereocenters. The van der Waals surface area contributed by atoms with Crippen LogP contribution in [0.4, 0.5) is 0 Å². The number of carboxylic acid groups (broad SMARTS) is 1. The lowest BCUT2D eigenvalue weighted by molar-refractivity contribution is 0.0686. The Bertz CT molecular complexity index is 720. The van der Waals surface area contributed by atoms with Crippen LogP contribution < -0.4 is 0 Å². The highest BCUT2D eigenvalue weighted by Crippen LogP contribution is 2.22. The van der Waals surface area contributed by atoms with E-state index in [4.69, 9.17) is 9.63 Å². The Morgan fingerprint density at radius 3 is 2.89 bits per heavy atom.